The van der Waals surface area contributed by atoms with E-state index in [1.54, 1.807) is 30.3 Å². The van der Waals surface area contributed by atoms with Crippen LogP contribution >= 0.6 is 0 Å². The Balaban J connectivity index is 1.67. The molecule has 0 aliphatic carbocycles. The van der Waals surface area contributed by atoms with Crippen molar-refractivity contribution in [3.8, 4) is 11.7 Å². The van der Waals surface area contributed by atoms with E-state index in [0.717, 1.165) is 5.82 Å². The molecule has 3 aromatic rings. The summed E-state index contributed by atoms with van der Waals surface area (Å²) in [4.78, 5) is 18.1. The zero-order valence-corrected chi connectivity index (χ0v) is 13.0. The number of hydrogen-bond donors (Lipinski definition) is 0. The first-order chi connectivity index (χ1) is 11.1. The van der Waals surface area contributed by atoms with Gasteiger partial charge in [-0.1, -0.05) is 18.2 Å². The van der Waals surface area contributed by atoms with E-state index in [2.05, 4.69) is 4.98 Å². The van der Waals surface area contributed by atoms with Gasteiger partial charge in [0.15, 0.2) is 5.76 Å². The lowest BCUT2D eigenvalue weighted by molar-refractivity contribution is 0.0744. The summed E-state index contributed by atoms with van der Waals surface area (Å²) in [6.07, 6.45) is 3.54. The third-order valence-corrected chi connectivity index (χ3v) is 3.40. The Morgan fingerprint density at radius 2 is 2.04 bits per heavy atom. The quantitative estimate of drug-likeness (QED) is 0.726. The van der Waals surface area contributed by atoms with Crippen LogP contribution in [-0.2, 0) is 13.6 Å². The second-order valence-corrected chi connectivity index (χ2v) is 5.15. The molecule has 0 bridgehead atoms. The van der Waals surface area contributed by atoms with Gasteiger partial charge in [-0.2, -0.15) is 0 Å². The number of carbonyl (C=O) groups excluding carboxylic acids is 1. The van der Waals surface area contributed by atoms with Crippen molar-refractivity contribution in [2.75, 3.05) is 7.05 Å². The number of benzene rings is 1. The molecule has 118 valence electrons. The zero-order chi connectivity index (χ0) is 16.2. The smallest absolute Gasteiger partial charge is 0.290 e. The molecule has 23 heavy (non-hydrogen) atoms. The van der Waals surface area contributed by atoms with Crippen molar-refractivity contribution < 1.29 is 13.9 Å². The van der Waals surface area contributed by atoms with Gasteiger partial charge in [0.25, 0.3) is 11.9 Å². The van der Waals surface area contributed by atoms with E-state index in [1.807, 2.05) is 48.1 Å². The lowest BCUT2D eigenvalue weighted by atomic mass is 10.3. The van der Waals surface area contributed by atoms with Crippen LogP contribution in [0.25, 0.3) is 0 Å². The summed E-state index contributed by atoms with van der Waals surface area (Å²) in [5, 5.41) is 0. The molecule has 0 saturated heterocycles. The minimum absolute atomic E-state index is 0.226. The van der Waals surface area contributed by atoms with Gasteiger partial charge in [-0.15, -0.1) is 0 Å². The van der Waals surface area contributed by atoms with Crippen LogP contribution in [-0.4, -0.2) is 27.4 Å². The number of aryl methyl sites for hydroxylation is 1. The first-order valence-corrected chi connectivity index (χ1v) is 7.18. The molecule has 0 N–H and O–H groups in total. The van der Waals surface area contributed by atoms with Crippen LogP contribution in [0.2, 0.25) is 0 Å². The third-order valence-electron chi connectivity index (χ3n) is 3.40. The van der Waals surface area contributed by atoms with Crippen LogP contribution in [0.5, 0.6) is 11.7 Å². The fraction of sp³-hybridized carbons (Fsp3) is 0.176. The number of para-hydroxylation sites is 1. The van der Waals surface area contributed by atoms with Gasteiger partial charge in [0, 0.05) is 32.6 Å². The molecule has 0 radical (unpaired) electrons. The monoisotopic (exact) mass is 311 g/mol. The molecule has 0 saturated carbocycles. The third kappa shape index (κ3) is 3.42. The van der Waals surface area contributed by atoms with Crippen molar-refractivity contribution in [3.63, 3.8) is 0 Å². The van der Waals surface area contributed by atoms with Crippen molar-refractivity contribution in [2.24, 2.45) is 7.05 Å². The molecule has 6 heteroatoms. The average Bonchev–Trinajstić information content (AvgIpc) is 3.17. The topological polar surface area (TPSA) is 60.5 Å². The molecule has 0 atom stereocenters. The minimum atomic E-state index is -0.226. The Bertz CT molecular complexity index is 792. The highest BCUT2D eigenvalue weighted by Crippen LogP contribution is 2.24. The highest BCUT2D eigenvalue weighted by atomic mass is 16.6. The van der Waals surface area contributed by atoms with E-state index in [1.165, 1.54) is 0 Å². The Morgan fingerprint density at radius 3 is 2.74 bits per heavy atom. The molecule has 2 heterocycles. The highest BCUT2D eigenvalue weighted by molar-refractivity contribution is 5.91. The summed E-state index contributed by atoms with van der Waals surface area (Å²) in [7, 11) is 3.59. The van der Waals surface area contributed by atoms with Gasteiger partial charge in [-0.05, 0) is 18.2 Å². The van der Waals surface area contributed by atoms with Crippen LogP contribution in [0.3, 0.4) is 0 Å². The van der Waals surface area contributed by atoms with E-state index >= 15 is 0 Å². The van der Waals surface area contributed by atoms with Gasteiger partial charge in [0.2, 0.25) is 0 Å². The number of imidazole rings is 1. The number of nitrogens with zero attached hydrogens (tertiary/aromatic N) is 3. The van der Waals surface area contributed by atoms with Crippen molar-refractivity contribution in [1.29, 1.82) is 0 Å². The standard InChI is InChI=1S/C17H17N3O3/c1-19-11-10-18-15(19)12-20(2)17(21)14-8-9-16(23-14)22-13-6-4-3-5-7-13/h3-11H,12H2,1-2H3. The Kier molecular flexibility index (Phi) is 4.14. The summed E-state index contributed by atoms with van der Waals surface area (Å²) in [5.41, 5.74) is 0. The number of aromatic nitrogens is 2. The Morgan fingerprint density at radius 1 is 1.26 bits per heavy atom. The molecule has 0 spiro atoms. The number of hydrogen-bond acceptors (Lipinski definition) is 4. The van der Waals surface area contributed by atoms with Crippen molar-refractivity contribution >= 4 is 5.91 Å². The van der Waals surface area contributed by atoms with E-state index in [-0.39, 0.29) is 17.6 Å². The van der Waals surface area contributed by atoms with Gasteiger partial charge in [0.1, 0.15) is 11.6 Å². The lowest BCUT2D eigenvalue weighted by Gasteiger charge is -2.15. The predicted octanol–water partition coefficient (Wildman–Crippen LogP) is 3.08. The van der Waals surface area contributed by atoms with Gasteiger partial charge in [-0.25, -0.2) is 4.98 Å². The maximum absolute atomic E-state index is 12.4. The SMILES string of the molecule is CN(Cc1nccn1C)C(=O)c1ccc(Oc2ccccc2)o1. The van der Waals surface area contributed by atoms with Crippen LogP contribution < -0.4 is 4.74 Å². The Hall–Kier alpha value is -3.02. The van der Waals surface area contributed by atoms with E-state index in [0.29, 0.717) is 12.3 Å². The van der Waals surface area contributed by atoms with Gasteiger partial charge in [-0.3, -0.25) is 4.79 Å². The number of carbonyl (C=O) groups is 1. The van der Waals surface area contributed by atoms with Crippen molar-refractivity contribution in [3.05, 3.63) is 66.4 Å². The van der Waals surface area contributed by atoms with Gasteiger partial charge in [0.05, 0.1) is 6.54 Å². The van der Waals surface area contributed by atoms with Gasteiger partial charge < -0.3 is 18.6 Å². The maximum Gasteiger partial charge on any atom is 0.290 e. The van der Waals surface area contributed by atoms with E-state index < -0.39 is 0 Å². The number of ether oxygens (including phenoxy) is 1. The van der Waals surface area contributed by atoms with Crippen LogP contribution in [0.4, 0.5) is 0 Å². The molecule has 0 unspecified atom stereocenters. The van der Waals surface area contributed by atoms with Crippen LogP contribution in [0.15, 0.2) is 59.3 Å². The number of rotatable bonds is 5. The summed E-state index contributed by atoms with van der Waals surface area (Å²) in [5.74, 6) is 1.74. The van der Waals surface area contributed by atoms with Crippen LogP contribution in [0.1, 0.15) is 16.4 Å². The second-order valence-electron chi connectivity index (χ2n) is 5.15. The summed E-state index contributed by atoms with van der Waals surface area (Å²) in [6.45, 7) is 0.401. The molecule has 1 aromatic carbocycles. The zero-order valence-electron chi connectivity index (χ0n) is 13.0. The largest absolute Gasteiger partial charge is 0.426 e. The van der Waals surface area contributed by atoms with Crippen molar-refractivity contribution in [1.82, 2.24) is 14.5 Å². The molecule has 6 nitrogen and oxygen atoms in total. The molecule has 0 fully saturated rings. The normalized spacial score (nSPS) is 10.5. The maximum atomic E-state index is 12.4. The lowest BCUT2D eigenvalue weighted by Crippen LogP contribution is -2.27. The van der Waals surface area contributed by atoms with E-state index in [9.17, 15) is 4.79 Å². The highest BCUT2D eigenvalue weighted by Gasteiger charge is 2.18. The Labute approximate surface area is 133 Å². The molecular formula is C17H17N3O3. The fourth-order valence-electron chi connectivity index (χ4n) is 2.12. The molecule has 0 aliphatic heterocycles. The first-order valence-electron chi connectivity index (χ1n) is 7.18. The summed E-state index contributed by atoms with van der Waals surface area (Å²) < 4.78 is 12.9. The molecule has 0 aliphatic rings. The molecule has 1 amide bonds. The van der Waals surface area contributed by atoms with Crippen LogP contribution in [0, 0.1) is 0 Å². The minimum Gasteiger partial charge on any atom is -0.426 e. The molecule has 2 aromatic heterocycles. The van der Waals surface area contributed by atoms with Crippen molar-refractivity contribution in [2.45, 2.75) is 6.54 Å². The molecule has 3 rings (SSSR count). The first kappa shape index (κ1) is 14.9. The average molecular weight is 311 g/mol. The van der Waals surface area contributed by atoms with Gasteiger partial charge >= 0.3 is 0 Å². The fourth-order valence-corrected chi connectivity index (χ4v) is 2.12. The molecular weight excluding hydrogens is 294 g/mol. The summed E-state index contributed by atoms with van der Waals surface area (Å²) in [6, 6.07) is 12.5. The summed E-state index contributed by atoms with van der Waals surface area (Å²) >= 11 is 0. The predicted molar refractivity (Wildman–Crippen MR) is 84.2 cm³/mol. The van der Waals surface area contributed by atoms with E-state index in [4.69, 9.17) is 9.15 Å². The number of amides is 1. The second kappa shape index (κ2) is 6.39. The number of furan rings is 1.